The third-order valence-corrected chi connectivity index (χ3v) is 7.26. The van der Waals surface area contributed by atoms with E-state index in [4.69, 9.17) is 4.74 Å². The standard InChI is InChI=1S/C29H60O4/c1-3-5-7-9-11-13-15-17-19-21-23-28(29(25-30,26-31)27-32)33-24-22-20-18-16-14-12-10-8-6-4-2/h28,30-32H,3-27H2,1-2H3. The Balaban J connectivity index is 4.03. The average molecular weight is 473 g/mol. The highest BCUT2D eigenvalue weighted by Crippen LogP contribution is 2.28. The highest BCUT2D eigenvalue weighted by atomic mass is 16.5. The molecule has 0 amide bonds. The van der Waals surface area contributed by atoms with Crippen molar-refractivity contribution < 1.29 is 20.1 Å². The molecule has 0 aliphatic carbocycles. The maximum atomic E-state index is 9.89. The molecule has 0 saturated heterocycles. The first-order valence-corrected chi connectivity index (χ1v) is 14.6. The van der Waals surface area contributed by atoms with Gasteiger partial charge < -0.3 is 20.1 Å². The fourth-order valence-corrected chi connectivity index (χ4v) is 4.65. The number of aliphatic hydroxyl groups excluding tert-OH is 3. The lowest BCUT2D eigenvalue weighted by Gasteiger charge is -2.36. The van der Waals surface area contributed by atoms with Crippen LogP contribution in [0.4, 0.5) is 0 Å². The second-order valence-corrected chi connectivity index (χ2v) is 10.3. The molecule has 0 saturated carbocycles. The SMILES string of the molecule is CCCCCCCCCCCCOC(CCCCCCCCCCCC)C(CO)(CO)CO. The minimum atomic E-state index is -0.933. The molecule has 0 spiro atoms. The van der Waals surface area contributed by atoms with E-state index in [-0.39, 0.29) is 25.9 Å². The molecule has 33 heavy (non-hydrogen) atoms. The van der Waals surface area contributed by atoms with E-state index in [1.807, 2.05) is 0 Å². The largest absolute Gasteiger partial charge is 0.396 e. The molecule has 0 aromatic carbocycles. The Kier molecular flexibility index (Phi) is 24.8. The Morgan fingerprint density at radius 1 is 0.485 bits per heavy atom. The molecule has 0 rings (SSSR count). The van der Waals surface area contributed by atoms with Crippen molar-refractivity contribution in [3.05, 3.63) is 0 Å². The topological polar surface area (TPSA) is 69.9 Å². The molecule has 0 bridgehead atoms. The summed E-state index contributed by atoms with van der Waals surface area (Å²) in [6.45, 7) is 4.46. The van der Waals surface area contributed by atoms with Crippen molar-refractivity contribution in [2.75, 3.05) is 26.4 Å². The molecule has 0 aliphatic rings. The number of aliphatic hydroxyl groups is 3. The van der Waals surface area contributed by atoms with Crippen LogP contribution in [0.2, 0.25) is 0 Å². The molecule has 0 fully saturated rings. The molecule has 1 atom stereocenters. The summed E-state index contributed by atoms with van der Waals surface area (Å²) in [7, 11) is 0. The van der Waals surface area contributed by atoms with E-state index in [2.05, 4.69) is 13.8 Å². The molecular weight excluding hydrogens is 412 g/mol. The van der Waals surface area contributed by atoms with Crippen LogP contribution in [-0.2, 0) is 4.74 Å². The third-order valence-electron chi connectivity index (χ3n) is 7.26. The summed E-state index contributed by atoms with van der Waals surface area (Å²) in [6.07, 6.45) is 26.2. The summed E-state index contributed by atoms with van der Waals surface area (Å²) in [6, 6.07) is 0. The third kappa shape index (κ3) is 17.9. The van der Waals surface area contributed by atoms with Gasteiger partial charge in [0.1, 0.15) is 0 Å². The second kappa shape index (κ2) is 24.9. The van der Waals surface area contributed by atoms with E-state index in [1.54, 1.807) is 0 Å². The molecule has 0 heterocycles. The molecule has 0 radical (unpaired) electrons. The van der Waals surface area contributed by atoms with E-state index >= 15 is 0 Å². The van der Waals surface area contributed by atoms with Crippen LogP contribution in [0.15, 0.2) is 0 Å². The normalized spacial score (nSPS) is 13.0. The average Bonchev–Trinajstić information content (AvgIpc) is 2.84. The summed E-state index contributed by atoms with van der Waals surface area (Å²) < 4.78 is 6.15. The molecule has 0 aromatic heterocycles. The molecule has 0 aromatic rings. The number of hydrogen-bond acceptors (Lipinski definition) is 4. The van der Waals surface area contributed by atoms with Crippen LogP contribution in [0.25, 0.3) is 0 Å². The van der Waals surface area contributed by atoms with Crippen LogP contribution in [0.1, 0.15) is 149 Å². The minimum absolute atomic E-state index is 0.236. The molecule has 4 nitrogen and oxygen atoms in total. The zero-order chi connectivity index (χ0) is 24.5. The first-order valence-electron chi connectivity index (χ1n) is 14.6. The smallest absolute Gasteiger partial charge is 0.0697 e. The van der Waals surface area contributed by atoms with Crippen molar-refractivity contribution in [2.45, 2.75) is 155 Å². The Morgan fingerprint density at radius 2 is 0.818 bits per heavy atom. The van der Waals surface area contributed by atoms with Crippen LogP contribution in [0, 0.1) is 5.41 Å². The first kappa shape index (κ1) is 32.8. The Hall–Kier alpha value is -0.160. The minimum Gasteiger partial charge on any atom is -0.396 e. The Morgan fingerprint density at radius 3 is 1.18 bits per heavy atom. The van der Waals surface area contributed by atoms with Gasteiger partial charge in [-0.2, -0.15) is 0 Å². The van der Waals surface area contributed by atoms with E-state index in [9.17, 15) is 15.3 Å². The lowest BCUT2D eigenvalue weighted by molar-refractivity contribution is -0.117. The fraction of sp³-hybridized carbons (Fsp3) is 1.00. The van der Waals surface area contributed by atoms with Gasteiger partial charge in [0.2, 0.25) is 0 Å². The maximum Gasteiger partial charge on any atom is 0.0697 e. The van der Waals surface area contributed by atoms with Crippen LogP contribution in [0.3, 0.4) is 0 Å². The van der Waals surface area contributed by atoms with E-state index < -0.39 is 5.41 Å². The number of rotatable bonds is 27. The fourth-order valence-electron chi connectivity index (χ4n) is 4.65. The van der Waals surface area contributed by atoms with Crippen LogP contribution in [0.5, 0.6) is 0 Å². The first-order chi connectivity index (χ1) is 16.2. The van der Waals surface area contributed by atoms with Gasteiger partial charge in [-0.3, -0.25) is 0 Å². The monoisotopic (exact) mass is 472 g/mol. The van der Waals surface area contributed by atoms with Crippen molar-refractivity contribution in [1.29, 1.82) is 0 Å². The van der Waals surface area contributed by atoms with Gasteiger partial charge in [0.15, 0.2) is 0 Å². The van der Waals surface area contributed by atoms with Crippen LogP contribution >= 0.6 is 0 Å². The summed E-state index contributed by atoms with van der Waals surface area (Å²) in [5.74, 6) is 0. The zero-order valence-corrected chi connectivity index (χ0v) is 22.5. The highest BCUT2D eigenvalue weighted by molar-refractivity contribution is 4.86. The van der Waals surface area contributed by atoms with Gasteiger partial charge in [0, 0.05) is 6.61 Å². The molecule has 3 N–H and O–H groups in total. The van der Waals surface area contributed by atoms with Crippen LogP contribution in [-0.4, -0.2) is 47.9 Å². The van der Waals surface area contributed by atoms with Gasteiger partial charge in [0.05, 0.1) is 31.3 Å². The summed E-state index contributed by atoms with van der Waals surface area (Å²) in [5, 5.41) is 29.7. The van der Waals surface area contributed by atoms with Crippen molar-refractivity contribution in [3.63, 3.8) is 0 Å². The molecule has 200 valence electrons. The van der Waals surface area contributed by atoms with Gasteiger partial charge in [-0.15, -0.1) is 0 Å². The van der Waals surface area contributed by atoms with Crippen molar-refractivity contribution in [1.82, 2.24) is 0 Å². The van der Waals surface area contributed by atoms with Gasteiger partial charge >= 0.3 is 0 Å². The van der Waals surface area contributed by atoms with Crippen LogP contribution < -0.4 is 0 Å². The maximum absolute atomic E-state index is 9.89. The summed E-state index contributed by atoms with van der Waals surface area (Å²) >= 11 is 0. The lowest BCUT2D eigenvalue weighted by Crippen LogP contribution is -2.46. The quantitative estimate of drug-likeness (QED) is 0.108. The molecule has 4 heteroatoms. The number of unbranched alkanes of at least 4 members (excludes halogenated alkanes) is 18. The molecule has 0 aliphatic heterocycles. The molecular formula is C29H60O4. The van der Waals surface area contributed by atoms with E-state index in [1.165, 1.54) is 109 Å². The second-order valence-electron chi connectivity index (χ2n) is 10.3. The predicted molar refractivity (Wildman–Crippen MR) is 142 cm³/mol. The van der Waals surface area contributed by atoms with Gasteiger partial charge in [0.25, 0.3) is 0 Å². The lowest BCUT2D eigenvalue weighted by atomic mass is 9.81. The van der Waals surface area contributed by atoms with E-state index in [0.717, 1.165) is 25.7 Å². The van der Waals surface area contributed by atoms with Crippen molar-refractivity contribution in [3.8, 4) is 0 Å². The number of ether oxygens (including phenoxy) is 1. The van der Waals surface area contributed by atoms with E-state index in [0.29, 0.717) is 6.61 Å². The summed E-state index contributed by atoms with van der Waals surface area (Å²) in [5.41, 5.74) is -0.933. The Labute approximate surface area is 206 Å². The molecule has 1 unspecified atom stereocenters. The van der Waals surface area contributed by atoms with Crippen molar-refractivity contribution >= 4 is 0 Å². The number of hydrogen-bond donors (Lipinski definition) is 3. The Bertz CT molecular complexity index is 362. The van der Waals surface area contributed by atoms with Gasteiger partial charge in [-0.1, -0.05) is 136 Å². The van der Waals surface area contributed by atoms with Gasteiger partial charge in [-0.25, -0.2) is 0 Å². The van der Waals surface area contributed by atoms with Gasteiger partial charge in [-0.05, 0) is 12.8 Å². The highest BCUT2D eigenvalue weighted by Gasteiger charge is 2.38. The zero-order valence-electron chi connectivity index (χ0n) is 22.5. The predicted octanol–water partition coefficient (Wildman–Crippen LogP) is 7.57. The van der Waals surface area contributed by atoms with Crippen molar-refractivity contribution in [2.24, 2.45) is 5.41 Å². The summed E-state index contributed by atoms with van der Waals surface area (Å²) in [4.78, 5) is 0.